The number of nitrogens with one attached hydrogen (secondary N) is 1. The van der Waals surface area contributed by atoms with Gasteiger partial charge in [-0.1, -0.05) is 30.3 Å². The highest BCUT2D eigenvalue weighted by Gasteiger charge is 2.14. The summed E-state index contributed by atoms with van der Waals surface area (Å²) in [5.41, 5.74) is 6.49. The van der Waals surface area contributed by atoms with Crippen LogP contribution >= 0.6 is 12.4 Å². The van der Waals surface area contributed by atoms with Crippen LogP contribution < -0.4 is 11.1 Å². The molecule has 0 saturated carbocycles. The van der Waals surface area contributed by atoms with Gasteiger partial charge in [-0.15, -0.1) is 12.4 Å². The van der Waals surface area contributed by atoms with E-state index in [1.165, 1.54) is 0 Å². The van der Waals surface area contributed by atoms with Crippen LogP contribution in [0.15, 0.2) is 30.3 Å². The SMILES string of the molecule is CN(C)CC(NC(=O)CCN)c1ccccc1.Cl. The fourth-order valence-corrected chi connectivity index (χ4v) is 1.68. The standard InChI is InChI=1S/C13H21N3O.ClH/c1-16(2)10-12(15-13(17)8-9-14)11-6-4-3-5-7-11;/h3-7,12H,8-10,14H2,1-2H3,(H,15,17);1H. The minimum absolute atomic E-state index is 0. The molecular weight excluding hydrogens is 250 g/mol. The van der Waals surface area contributed by atoms with Crippen molar-refractivity contribution in [3.8, 4) is 0 Å². The summed E-state index contributed by atoms with van der Waals surface area (Å²) < 4.78 is 0. The molecule has 0 aromatic heterocycles. The Bertz CT molecular complexity index is 343. The molecule has 1 amide bonds. The third kappa shape index (κ3) is 6.00. The second-order valence-corrected chi connectivity index (χ2v) is 4.33. The first-order valence-corrected chi connectivity index (χ1v) is 5.82. The molecule has 0 spiro atoms. The minimum atomic E-state index is 0. The molecule has 0 aliphatic carbocycles. The maximum Gasteiger partial charge on any atom is 0.221 e. The number of likely N-dealkylation sites (N-methyl/N-ethyl adjacent to an activating group) is 1. The van der Waals surface area contributed by atoms with Crippen molar-refractivity contribution in [3.63, 3.8) is 0 Å². The molecule has 0 aliphatic rings. The molecule has 4 nitrogen and oxygen atoms in total. The summed E-state index contributed by atoms with van der Waals surface area (Å²) in [5.74, 6) is 0.00297. The van der Waals surface area contributed by atoms with E-state index in [1.54, 1.807) is 0 Å². The topological polar surface area (TPSA) is 58.4 Å². The highest BCUT2D eigenvalue weighted by molar-refractivity contribution is 5.85. The average Bonchev–Trinajstić information content (AvgIpc) is 2.29. The summed E-state index contributed by atoms with van der Waals surface area (Å²) in [5, 5.41) is 3.00. The number of halogens is 1. The number of amides is 1. The molecule has 1 atom stereocenters. The van der Waals surface area contributed by atoms with E-state index in [0.717, 1.165) is 12.1 Å². The van der Waals surface area contributed by atoms with E-state index in [4.69, 9.17) is 5.73 Å². The van der Waals surface area contributed by atoms with Crippen molar-refractivity contribution in [2.24, 2.45) is 5.73 Å². The molecule has 1 aromatic rings. The van der Waals surface area contributed by atoms with E-state index in [-0.39, 0.29) is 24.4 Å². The van der Waals surface area contributed by atoms with E-state index >= 15 is 0 Å². The Morgan fingerprint density at radius 1 is 1.33 bits per heavy atom. The zero-order chi connectivity index (χ0) is 12.7. The first-order chi connectivity index (χ1) is 8.13. The molecule has 18 heavy (non-hydrogen) atoms. The van der Waals surface area contributed by atoms with Crippen LogP contribution in [-0.2, 0) is 4.79 Å². The molecule has 0 aliphatic heterocycles. The minimum Gasteiger partial charge on any atom is -0.348 e. The van der Waals surface area contributed by atoms with Crippen LogP contribution in [0.2, 0.25) is 0 Å². The summed E-state index contributed by atoms with van der Waals surface area (Å²) in [4.78, 5) is 13.7. The van der Waals surface area contributed by atoms with Crippen molar-refractivity contribution in [2.45, 2.75) is 12.5 Å². The van der Waals surface area contributed by atoms with E-state index in [9.17, 15) is 4.79 Å². The zero-order valence-electron chi connectivity index (χ0n) is 10.9. The Kier molecular flexibility index (Phi) is 8.37. The second-order valence-electron chi connectivity index (χ2n) is 4.33. The monoisotopic (exact) mass is 271 g/mol. The fourth-order valence-electron chi connectivity index (χ4n) is 1.68. The van der Waals surface area contributed by atoms with Gasteiger partial charge in [-0.2, -0.15) is 0 Å². The van der Waals surface area contributed by atoms with Gasteiger partial charge in [-0.25, -0.2) is 0 Å². The van der Waals surface area contributed by atoms with Gasteiger partial charge in [-0.05, 0) is 19.7 Å². The van der Waals surface area contributed by atoms with Crippen LogP contribution in [0.1, 0.15) is 18.0 Å². The van der Waals surface area contributed by atoms with Gasteiger partial charge < -0.3 is 16.0 Å². The molecular formula is C13H22ClN3O. The molecule has 0 heterocycles. The lowest BCUT2D eigenvalue weighted by molar-refractivity contribution is -0.121. The number of rotatable bonds is 6. The molecule has 3 N–H and O–H groups in total. The summed E-state index contributed by atoms with van der Waals surface area (Å²) in [6, 6.07) is 10.00. The third-order valence-electron chi connectivity index (χ3n) is 2.46. The summed E-state index contributed by atoms with van der Waals surface area (Å²) in [7, 11) is 3.98. The summed E-state index contributed by atoms with van der Waals surface area (Å²) in [6.45, 7) is 1.16. The molecule has 5 heteroatoms. The fraction of sp³-hybridized carbons (Fsp3) is 0.462. The van der Waals surface area contributed by atoms with Gasteiger partial charge in [0.2, 0.25) is 5.91 Å². The largest absolute Gasteiger partial charge is 0.348 e. The Morgan fingerprint density at radius 2 is 1.94 bits per heavy atom. The highest BCUT2D eigenvalue weighted by atomic mass is 35.5. The van der Waals surface area contributed by atoms with Crippen molar-refractivity contribution >= 4 is 18.3 Å². The lowest BCUT2D eigenvalue weighted by Gasteiger charge is -2.22. The van der Waals surface area contributed by atoms with Gasteiger partial charge in [0.25, 0.3) is 0 Å². The second kappa shape index (κ2) is 8.91. The maximum absolute atomic E-state index is 11.6. The van der Waals surface area contributed by atoms with Gasteiger partial charge in [-0.3, -0.25) is 4.79 Å². The maximum atomic E-state index is 11.6. The highest BCUT2D eigenvalue weighted by Crippen LogP contribution is 2.13. The van der Waals surface area contributed by atoms with Crippen molar-refractivity contribution < 1.29 is 4.79 Å². The van der Waals surface area contributed by atoms with Gasteiger partial charge in [0.1, 0.15) is 0 Å². The molecule has 1 unspecified atom stereocenters. The van der Waals surface area contributed by atoms with Crippen molar-refractivity contribution in [2.75, 3.05) is 27.2 Å². The zero-order valence-corrected chi connectivity index (χ0v) is 11.7. The number of carbonyl (C=O) groups excluding carboxylic acids is 1. The number of nitrogens with two attached hydrogens (primary N) is 1. The van der Waals surface area contributed by atoms with Crippen LogP contribution in [0.5, 0.6) is 0 Å². The number of carbonyl (C=O) groups is 1. The summed E-state index contributed by atoms with van der Waals surface area (Å²) in [6.07, 6.45) is 0.372. The Hall–Kier alpha value is -1.10. The van der Waals surface area contributed by atoms with E-state index < -0.39 is 0 Å². The molecule has 0 saturated heterocycles. The molecule has 0 radical (unpaired) electrons. The normalized spacial score (nSPS) is 11.8. The average molecular weight is 272 g/mol. The number of hydrogen-bond acceptors (Lipinski definition) is 3. The van der Waals surface area contributed by atoms with Gasteiger partial charge in [0.15, 0.2) is 0 Å². The van der Waals surface area contributed by atoms with Crippen LogP contribution in [-0.4, -0.2) is 38.0 Å². The summed E-state index contributed by atoms with van der Waals surface area (Å²) >= 11 is 0. The number of nitrogens with zero attached hydrogens (tertiary/aromatic N) is 1. The van der Waals surface area contributed by atoms with E-state index in [1.807, 2.05) is 44.4 Å². The van der Waals surface area contributed by atoms with Crippen LogP contribution in [0.25, 0.3) is 0 Å². The Balaban J connectivity index is 0.00000289. The molecule has 1 rings (SSSR count). The van der Waals surface area contributed by atoms with Crippen LogP contribution in [0, 0.1) is 0 Å². The Morgan fingerprint density at radius 3 is 2.44 bits per heavy atom. The lowest BCUT2D eigenvalue weighted by Crippen LogP contribution is -2.36. The van der Waals surface area contributed by atoms with Gasteiger partial charge >= 0.3 is 0 Å². The number of hydrogen-bond donors (Lipinski definition) is 2. The first kappa shape index (κ1) is 16.9. The first-order valence-electron chi connectivity index (χ1n) is 5.82. The Labute approximate surface area is 115 Å². The van der Waals surface area contributed by atoms with Gasteiger partial charge in [0.05, 0.1) is 6.04 Å². The van der Waals surface area contributed by atoms with E-state index in [2.05, 4.69) is 10.2 Å². The quantitative estimate of drug-likeness (QED) is 0.817. The van der Waals surface area contributed by atoms with Crippen molar-refractivity contribution in [1.82, 2.24) is 10.2 Å². The predicted octanol–water partition coefficient (Wildman–Crippen LogP) is 1.18. The van der Waals surface area contributed by atoms with Gasteiger partial charge in [0, 0.05) is 19.5 Å². The molecule has 102 valence electrons. The molecule has 0 fully saturated rings. The molecule has 0 bridgehead atoms. The van der Waals surface area contributed by atoms with Crippen LogP contribution in [0.4, 0.5) is 0 Å². The van der Waals surface area contributed by atoms with E-state index in [0.29, 0.717) is 13.0 Å². The van der Waals surface area contributed by atoms with Crippen molar-refractivity contribution in [1.29, 1.82) is 0 Å². The third-order valence-corrected chi connectivity index (χ3v) is 2.46. The predicted molar refractivity (Wildman–Crippen MR) is 76.8 cm³/mol. The van der Waals surface area contributed by atoms with Crippen molar-refractivity contribution in [3.05, 3.63) is 35.9 Å². The molecule has 1 aromatic carbocycles. The lowest BCUT2D eigenvalue weighted by atomic mass is 10.1. The number of benzene rings is 1. The smallest absolute Gasteiger partial charge is 0.221 e. The van der Waals surface area contributed by atoms with Crippen LogP contribution in [0.3, 0.4) is 0 Å².